The van der Waals surface area contributed by atoms with Gasteiger partial charge in [-0.1, -0.05) is 12.1 Å². The molecule has 0 spiro atoms. The Bertz CT molecular complexity index is 527. The van der Waals surface area contributed by atoms with Gasteiger partial charge in [-0.25, -0.2) is 4.79 Å². The zero-order valence-corrected chi connectivity index (χ0v) is 11.8. The van der Waals surface area contributed by atoms with Crippen LogP contribution in [0, 0.1) is 13.8 Å². The molecule has 1 heterocycles. The Balaban J connectivity index is 1.98. The minimum absolute atomic E-state index is 0.117. The van der Waals surface area contributed by atoms with Crippen molar-refractivity contribution in [3.05, 3.63) is 29.3 Å². The third-order valence-corrected chi connectivity index (χ3v) is 3.76. The Hall–Kier alpha value is -2.04. The summed E-state index contributed by atoms with van der Waals surface area (Å²) in [5.74, 6) is -0.539. The summed E-state index contributed by atoms with van der Waals surface area (Å²) in [5.41, 5.74) is 2.09. The number of carbonyl (C=O) groups is 2. The Kier molecular flexibility index (Phi) is 4.27. The van der Waals surface area contributed by atoms with Crippen LogP contribution in [0.2, 0.25) is 0 Å². The summed E-state index contributed by atoms with van der Waals surface area (Å²) in [6, 6.07) is 4.96. The third-order valence-electron chi connectivity index (χ3n) is 3.76. The molecule has 1 aromatic rings. The lowest BCUT2D eigenvalue weighted by atomic mass is 10.1. The molecule has 20 heavy (non-hydrogen) atoms. The van der Waals surface area contributed by atoms with Gasteiger partial charge in [0.1, 0.15) is 11.8 Å². The molecule has 1 saturated heterocycles. The largest absolute Gasteiger partial charge is 0.483 e. The standard InChI is InChI=1S/C15H19NO4/c1-10-5-3-7-13(11(10)2)20-9-14(17)16-8-4-6-12(16)15(18)19/h3,5,7,12H,4,6,8-9H2,1-2H3,(H,18,19)/t12-/m0/s1. The molecular weight excluding hydrogens is 258 g/mol. The van der Waals surface area contributed by atoms with Gasteiger partial charge in [0.2, 0.25) is 0 Å². The second-order valence-corrected chi connectivity index (χ2v) is 5.07. The molecule has 5 heteroatoms. The first-order valence-corrected chi connectivity index (χ1v) is 6.72. The first-order chi connectivity index (χ1) is 9.50. The number of nitrogens with zero attached hydrogens (tertiary/aromatic N) is 1. The molecule has 1 aliphatic heterocycles. The smallest absolute Gasteiger partial charge is 0.326 e. The predicted molar refractivity (Wildman–Crippen MR) is 73.8 cm³/mol. The van der Waals surface area contributed by atoms with Crippen LogP contribution in [0.25, 0.3) is 0 Å². The van der Waals surface area contributed by atoms with Gasteiger partial charge in [-0.3, -0.25) is 4.79 Å². The molecule has 2 rings (SSSR count). The van der Waals surface area contributed by atoms with Gasteiger partial charge in [-0.15, -0.1) is 0 Å². The van der Waals surface area contributed by atoms with Crippen molar-refractivity contribution >= 4 is 11.9 Å². The van der Waals surface area contributed by atoms with Crippen LogP contribution in [-0.4, -0.2) is 41.1 Å². The molecule has 108 valence electrons. The molecule has 0 aliphatic carbocycles. The molecule has 1 atom stereocenters. The number of rotatable bonds is 4. The van der Waals surface area contributed by atoms with Crippen LogP contribution in [0.4, 0.5) is 0 Å². The third kappa shape index (κ3) is 2.92. The summed E-state index contributed by atoms with van der Waals surface area (Å²) in [4.78, 5) is 24.5. The fraction of sp³-hybridized carbons (Fsp3) is 0.467. The fourth-order valence-corrected chi connectivity index (χ4v) is 2.42. The number of benzene rings is 1. The number of ether oxygens (including phenoxy) is 1. The lowest BCUT2D eigenvalue weighted by molar-refractivity contribution is -0.148. The van der Waals surface area contributed by atoms with E-state index in [1.807, 2.05) is 32.0 Å². The molecule has 0 unspecified atom stereocenters. The lowest BCUT2D eigenvalue weighted by Crippen LogP contribution is -2.42. The first kappa shape index (κ1) is 14.4. The summed E-state index contributed by atoms with van der Waals surface area (Å²) in [7, 11) is 0. The maximum absolute atomic E-state index is 12.1. The van der Waals surface area contributed by atoms with E-state index in [4.69, 9.17) is 9.84 Å². The van der Waals surface area contributed by atoms with Crippen LogP contribution in [0.3, 0.4) is 0 Å². The molecule has 5 nitrogen and oxygen atoms in total. The molecule has 0 saturated carbocycles. The van der Waals surface area contributed by atoms with Crippen LogP contribution < -0.4 is 4.74 Å². The van der Waals surface area contributed by atoms with Crippen molar-refractivity contribution in [3.63, 3.8) is 0 Å². The van der Waals surface area contributed by atoms with Crippen LogP contribution in [0.15, 0.2) is 18.2 Å². The molecule has 1 N–H and O–H groups in total. The zero-order chi connectivity index (χ0) is 14.7. The van der Waals surface area contributed by atoms with Crippen molar-refractivity contribution < 1.29 is 19.4 Å². The lowest BCUT2D eigenvalue weighted by Gasteiger charge is -2.21. The normalized spacial score (nSPS) is 18.1. The summed E-state index contributed by atoms with van der Waals surface area (Å²) < 4.78 is 5.54. The monoisotopic (exact) mass is 277 g/mol. The zero-order valence-electron chi connectivity index (χ0n) is 11.8. The average molecular weight is 277 g/mol. The molecule has 1 amide bonds. The summed E-state index contributed by atoms with van der Waals surface area (Å²) in [5, 5.41) is 9.06. The summed E-state index contributed by atoms with van der Waals surface area (Å²) >= 11 is 0. The van der Waals surface area contributed by atoms with E-state index < -0.39 is 12.0 Å². The summed E-state index contributed by atoms with van der Waals surface area (Å²) in [6.45, 7) is 4.29. The van der Waals surface area contributed by atoms with Gasteiger partial charge < -0.3 is 14.7 Å². The summed E-state index contributed by atoms with van der Waals surface area (Å²) in [6.07, 6.45) is 1.25. The Morgan fingerprint density at radius 3 is 2.85 bits per heavy atom. The highest BCUT2D eigenvalue weighted by molar-refractivity contribution is 5.85. The van der Waals surface area contributed by atoms with E-state index in [-0.39, 0.29) is 12.5 Å². The number of hydrogen-bond donors (Lipinski definition) is 1. The van der Waals surface area contributed by atoms with Crippen molar-refractivity contribution in [1.29, 1.82) is 0 Å². The Morgan fingerprint density at radius 2 is 2.15 bits per heavy atom. The number of likely N-dealkylation sites (tertiary alicyclic amines) is 1. The SMILES string of the molecule is Cc1cccc(OCC(=O)N2CCC[C@H]2C(=O)O)c1C. The minimum Gasteiger partial charge on any atom is -0.483 e. The maximum Gasteiger partial charge on any atom is 0.326 e. The molecule has 1 fully saturated rings. The van der Waals surface area contributed by atoms with Crippen molar-refractivity contribution in [3.8, 4) is 5.75 Å². The van der Waals surface area contributed by atoms with Gasteiger partial charge in [-0.05, 0) is 43.9 Å². The quantitative estimate of drug-likeness (QED) is 0.910. The fourth-order valence-electron chi connectivity index (χ4n) is 2.42. The van der Waals surface area contributed by atoms with E-state index in [9.17, 15) is 9.59 Å². The first-order valence-electron chi connectivity index (χ1n) is 6.72. The van der Waals surface area contributed by atoms with Crippen LogP contribution >= 0.6 is 0 Å². The number of carbonyl (C=O) groups excluding carboxylic acids is 1. The topological polar surface area (TPSA) is 66.8 Å². The molecule has 0 radical (unpaired) electrons. The van der Waals surface area contributed by atoms with Gasteiger partial charge in [-0.2, -0.15) is 0 Å². The number of carboxylic acid groups (broad SMARTS) is 1. The molecular formula is C15H19NO4. The van der Waals surface area contributed by atoms with Gasteiger partial charge >= 0.3 is 5.97 Å². The average Bonchev–Trinajstić information content (AvgIpc) is 2.89. The van der Waals surface area contributed by atoms with Gasteiger partial charge in [0.05, 0.1) is 0 Å². The van der Waals surface area contributed by atoms with Crippen molar-refractivity contribution in [2.24, 2.45) is 0 Å². The van der Waals surface area contributed by atoms with Crippen LogP contribution in [0.5, 0.6) is 5.75 Å². The number of aryl methyl sites for hydroxylation is 1. The van der Waals surface area contributed by atoms with E-state index >= 15 is 0 Å². The molecule has 0 bridgehead atoms. The highest BCUT2D eigenvalue weighted by atomic mass is 16.5. The molecule has 1 aliphatic rings. The predicted octanol–water partition coefficient (Wildman–Crippen LogP) is 1.76. The number of amides is 1. The van der Waals surface area contributed by atoms with E-state index in [2.05, 4.69) is 0 Å². The van der Waals surface area contributed by atoms with Crippen LogP contribution in [-0.2, 0) is 9.59 Å². The van der Waals surface area contributed by atoms with Gasteiger partial charge in [0.15, 0.2) is 6.61 Å². The highest BCUT2D eigenvalue weighted by Crippen LogP contribution is 2.22. The molecule has 0 aromatic heterocycles. The minimum atomic E-state index is -0.942. The number of carboxylic acids is 1. The Labute approximate surface area is 118 Å². The van der Waals surface area contributed by atoms with E-state index in [0.29, 0.717) is 18.7 Å². The highest BCUT2D eigenvalue weighted by Gasteiger charge is 2.33. The number of hydrogen-bond acceptors (Lipinski definition) is 3. The second-order valence-electron chi connectivity index (χ2n) is 5.07. The molecule has 1 aromatic carbocycles. The second kappa shape index (κ2) is 5.94. The van der Waals surface area contributed by atoms with Crippen molar-refractivity contribution in [1.82, 2.24) is 4.90 Å². The van der Waals surface area contributed by atoms with Crippen LogP contribution in [0.1, 0.15) is 24.0 Å². The maximum atomic E-state index is 12.1. The number of aliphatic carboxylic acids is 1. The van der Waals surface area contributed by atoms with Crippen molar-refractivity contribution in [2.45, 2.75) is 32.7 Å². The van der Waals surface area contributed by atoms with E-state index in [1.165, 1.54) is 4.90 Å². The Morgan fingerprint density at radius 1 is 1.40 bits per heavy atom. The van der Waals surface area contributed by atoms with Gasteiger partial charge in [0, 0.05) is 6.54 Å². The van der Waals surface area contributed by atoms with E-state index in [0.717, 1.165) is 17.5 Å². The van der Waals surface area contributed by atoms with Crippen molar-refractivity contribution in [2.75, 3.05) is 13.2 Å². The van der Waals surface area contributed by atoms with E-state index in [1.54, 1.807) is 0 Å². The van der Waals surface area contributed by atoms with Gasteiger partial charge in [0.25, 0.3) is 5.91 Å².